The zero-order chi connectivity index (χ0) is 22.9. The molecule has 172 valence electrons. The maximum absolute atomic E-state index is 15.2. The number of ether oxygens (including phenoxy) is 1. The smallest absolute Gasteiger partial charge is 0.341 e. The molecule has 2 unspecified atom stereocenters. The molecule has 2 N–H and O–H groups in total. The van der Waals surface area contributed by atoms with Gasteiger partial charge >= 0.3 is 5.97 Å². The molecule has 0 spiro atoms. The zero-order valence-corrected chi connectivity index (χ0v) is 18.2. The monoisotopic (exact) mass is 451 g/mol. The zero-order valence-electron chi connectivity index (χ0n) is 18.2. The number of hydrogen-bond donors (Lipinski definition) is 2. The Balaban J connectivity index is 1.50. The van der Waals surface area contributed by atoms with E-state index in [1.807, 2.05) is 18.2 Å². The molecule has 3 aromatic rings. The Morgan fingerprint density at radius 2 is 2.15 bits per heavy atom. The van der Waals surface area contributed by atoms with Crippen molar-refractivity contribution >= 4 is 22.6 Å². The number of halogens is 1. The van der Waals surface area contributed by atoms with Gasteiger partial charge in [-0.1, -0.05) is 6.07 Å². The normalized spacial score (nSPS) is 19.0. The summed E-state index contributed by atoms with van der Waals surface area (Å²) in [6, 6.07) is 8.59. The Morgan fingerprint density at radius 1 is 1.30 bits per heavy atom. The highest BCUT2D eigenvalue weighted by atomic mass is 19.1. The quantitative estimate of drug-likeness (QED) is 0.534. The van der Waals surface area contributed by atoms with Crippen LogP contribution in [0.25, 0.3) is 10.9 Å². The Hall–Kier alpha value is -3.26. The van der Waals surface area contributed by atoms with Crippen molar-refractivity contribution in [3.05, 3.63) is 70.0 Å². The molecule has 1 saturated heterocycles. The fourth-order valence-electron chi connectivity index (χ4n) is 4.61. The predicted molar refractivity (Wildman–Crippen MR) is 122 cm³/mol. The molecule has 1 aliphatic heterocycles. The van der Waals surface area contributed by atoms with Gasteiger partial charge in [-0.05, 0) is 62.8 Å². The molecule has 5 rings (SSSR count). The lowest BCUT2D eigenvalue weighted by Crippen LogP contribution is -2.34. The van der Waals surface area contributed by atoms with Crippen molar-refractivity contribution in [1.82, 2.24) is 9.55 Å². The van der Waals surface area contributed by atoms with E-state index in [1.165, 1.54) is 6.20 Å². The molecule has 2 fully saturated rings. The summed E-state index contributed by atoms with van der Waals surface area (Å²) in [6.45, 7) is 0.686. The Kier molecular flexibility index (Phi) is 5.85. The molecule has 7 nitrogen and oxygen atoms in total. The molecule has 2 aliphatic rings. The molecule has 0 amide bonds. The molecule has 33 heavy (non-hydrogen) atoms. The lowest BCUT2D eigenvalue weighted by Gasteiger charge is -2.26. The maximum Gasteiger partial charge on any atom is 0.341 e. The average molecular weight is 451 g/mol. The fraction of sp³-hybridized carbons (Fsp3) is 0.400. The van der Waals surface area contributed by atoms with E-state index >= 15 is 4.39 Å². The summed E-state index contributed by atoms with van der Waals surface area (Å²) in [5.41, 5.74) is 0.811. The molecule has 8 heteroatoms. The first-order valence-electron chi connectivity index (χ1n) is 11.4. The number of benzene rings is 1. The van der Waals surface area contributed by atoms with Crippen molar-refractivity contribution in [3.8, 4) is 0 Å². The van der Waals surface area contributed by atoms with Crippen LogP contribution in [0.3, 0.4) is 0 Å². The summed E-state index contributed by atoms with van der Waals surface area (Å²) >= 11 is 0. The summed E-state index contributed by atoms with van der Waals surface area (Å²) in [4.78, 5) is 28.7. The first kappa shape index (κ1) is 21.6. The van der Waals surface area contributed by atoms with Gasteiger partial charge in [0.1, 0.15) is 11.4 Å². The van der Waals surface area contributed by atoms with Crippen LogP contribution >= 0.6 is 0 Å². The summed E-state index contributed by atoms with van der Waals surface area (Å²) < 4.78 is 22.9. The number of fused-ring (bicyclic) bond motifs is 1. The lowest BCUT2D eigenvalue weighted by molar-refractivity contribution is 0.0694. The third kappa shape index (κ3) is 4.48. The van der Waals surface area contributed by atoms with Crippen molar-refractivity contribution in [3.63, 3.8) is 0 Å². The molecular weight excluding hydrogens is 425 g/mol. The van der Waals surface area contributed by atoms with Crippen LogP contribution in [-0.2, 0) is 11.2 Å². The van der Waals surface area contributed by atoms with Gasteiger partial charge in [0.25, 0.3) is 0 Å². The number of aryl methyl sites for hydroxylation is 1. The van der Waals surface area contributed by atoms with Crippen molar-refractivity contribution < 1.29 is 19.0 Å². The summed E-state index contributed by atoms with van der Waals surface area (Å²) in [7, 11) is 0. The third-order valence-corrected chi connectivity index (χ3v) is 6.48. The second kappa shape index (κ2) is 8.94. The average Bonchev–Trinajstić information content (AvgIpc) is 3.51. The van der Waals surface area contributed by atoms with Crippen LogP contribution in [0, 0.1) is 5.82 Å². The minimum atomic E-state index is -1.30. The number of carboxylic acids is 1. The van der Waals surface area contributed by atoms with Crippen molar-refractivity contribution in [2.24, 2.45) is 0 Å². The lowest BCUT2D eigenvalue weighted by atomic mass is 10.0. The number of aromatic nitrogens is 2. The second-order valence-electron chi connectivity index (χ2n) is 8.83. The Labute approximate surface area is 190 Å². The third-order valence-electron chi connectivity index (χ3n) is 6.48. The summed E-state index contributed by atoms with van der Waals surface area (Å²) in [5, 5.41) is 12.9. The van der Waals surface area contributed by atoms with Crippen LogP contribution in [0.1, 0.15) is 54.2 Å². The Bertz CT molecular complexity index is 1230. The minimum Gasteiger partial charge on any atom is -0.477 e. The van der Waals surface area contributed by atoms with E-state index in [0.717, 1.165) is 43.9 Å². The van der Waals surface area contributed by atoms with Gasteiger partial charge in [-0.15, -0.1) is 0 Å². The highest BCUT2D eigenvalue weighted by molar-refractivity contribution is 5.93. The van der Waals surface area contributed by atoms with E-state index in [1.54, 1.807) is 16.8 Å². The Morgan fingerprint density at radius 3 is 2.82 bits per heavy atom. The highest BCUT2D eigenvalue weighted by Crippen LogP contribution is 2.38. The van der Waals surface area contributed by atoms with E-state index in [0.29, 0.717) is 24.2 Å². The van der Waals surface area contributed by atoms with Crippen LogP contribution < -0.4 is 10.7 Å². The molecule has 3 heterocycles. The van der Waals surface area contributed by atoms with Crippen LogP contribution in [0.4, 0.5) is 10.1 Å². The van der Waals surface area contributed by atoms with Crippen LogP contribution in [-0.4, -0.2) is 39.4 Å². The van der Waals surface area contributed by atoms with Gasteiger partial charge < -0.3 is 19.7 Å². The highest BCUT2D eigenvalue weighted by Gasteiger charge is 2.29. The summed E-state index contributed by atoms with van der Waals surface area (Å²) in [5.74, 6) is -1.88. The number of anilines is 1. The van der Waals surface area contributed by atoms with Crippen LogP contribution in [0.15, 0.2) is 47.5 Å². The molecule has 0 bridgehead atoms. The SMILES string of the molecule is O=C(O)c1cn(C2CC2)c2cc(NC(CCc3ccccn3)C3CCCO3)c(F)cc2c1=O. The fourth-order valence-corrected chi connectivity index (χ4v) is 4.61. The van der Waals surface area contributed by atoms with Gasteiger partial charge in [0, 0.05) is 36.1 Å². The molecule has 1 aliphatic carbocycles. The first-order valence-corrected chi connectivity index (χ1v) is 11.4. The predicted octanol–water partition coefficient (Wildman–Crippen LogP) is 4.16. The molecule has 1 aromatic carbocycles. The van der Waals surface area contributed by atoms with E-state index < -0.39 is 17.2 Å². The topological polar surface area (TPSA) is 93.5 Å². The number of hydrogen-bond acceptors (Lipinski definition) is 5. The minimum absolute atomic E-state index is 0.0381. The number of pyridine rings is 2. The van der Waals surface area contributed by atoms with E-state index in [2.05, 4.69) is 10.3 Å². The van der Waals surface area contributed by atoms with E-state index in [4.69, 9.17) is 4.74 Å². The maximum atomic E-state index is 15.2. The van der Waals surface area contributed by atoms with Crippen molar-refractivity contribution in [2.45, 2.75) is 56.7 Å². The van der Waals surface area contributed by atoms with Crippen molar-refractivity contribution in [1.29, 1.82) is 0 Å². The first-order chi connectivity index (χ1) is 16.0. The molecular formula is C25H26FN3O4. The number of nitrogens with one attached hydrogen (secondary N) is 1. The number of nitrogens with zero attached hydrogens (tertiary/aromatic N) is 2. The second-order valence-corrected chi connectivity index (χ2v) is 8.83. The van der Waals surface area contributed by atoms with Crippen molar-refractivity contribution in [2.75, 3.05) is 11.9 Å². The molecule has 1 saturated carbocycles. The van der Waals surface area contributed by atoms with Gasteiger partial charge in [0.2, 0.25) is 5.43 Å². The molecule has 2 atom stereocenters. The largest absolute Gasteiger partial charge is 0.477 e. The standard InChI is InChI=1S/C25H26FN3O4/c26-19-12-17-22(29(16-7-8-16)14-18(24(17)30)25(31)32)13-21(19)28-20(23-5-3-11-33-23)9-6-15-4-1-2-10-27-15/h1-2,4,10,12-14,16,20,23,28H,3,5-9,11H2,(H,31,32). The van der Waals surface area contributed by atoms with Crippen LogP contribution in [0.2, 0.25) is 0 Å². The number of carbonyl (C=O) groups is 1. The number of carboxylic acid groups (broad SMARTS) is 1. The number of aromatic carboxylic acids is 1. The van der Waals surface area contributed by atoms with E-state index in [9.17, 15) is 14.7 Å². The molecule has 0 radical (unpaired) electrons. The van der Waals surface area contributed by atoms with Gasteiger partial charge in [-0.3, -0.25) is 9.78 Å². The summed E-state index contributed by atoms with van der Waals surface area (Å²) in [6.07, 6.45) is 8.22. The van der Waals surface area contributed by atoms with Gasteiger partial charge in [0.15, 0.2) is 0 Å². The van der Waals surface area contributed by atoms with Gasteiger partial charge in [-0.25, -0.2) is 9.18 Å². The number of rotatable bonds is 8. The van der Waals surface area contributed by atoms with Gasteiger partial charge in [-0.2, -0.15) is 0 Å². The molecule has 2 aromatic heterocycles. The van der Waals surface area contributed by atoms with E-state index in [-0.39, 0.29) is 29.1 Å². The van der Waals surface area contributed by atoms with Gasteiger partial charge in [0.05, 0.1) is 23.3 Å². The van der Waals surface area contributed by atoms with Crippen LogP contribution in [0.5, 0.6) is 0 Å².